The van der Waals surface area contributed by atoms with Crippen LogP contribution >= 0.6 is 0 Å². The van der Waals surface area contributed by atoms with Gasteiger partial charge >= 0.3 is 6.18 Å². The van der Waals surface area contributed by atoms with E-state index in [1.54, 1.807) is 11.8 Å². The lowest BCUT2D eigenvalue weighted by molar-refractivity contribution is -0.141. The first-order valence-electron chi connectivity index (χ1n) is 14.1. The Morgan fingerprint density at radius 1 is 1.17 bits per heavy atom. The van der Waals surface area contributed by atoms with Crippen molar-refractivity contribution in [2.45, 2.75) is 32.5 Å². The highest BCUT2D eigenvalue weighted by Gasteiger charge is 2.38. The van der Waals surface area contributed by atoms with Crippen LogP contribution in [-0.2, 0) is 28.7 Å². The van der Waals surface area contributed by atoms with E-state index in [1.807, 2.05) is 0 Å². The van der Waals surface area contributed by atoms with Gasteiger partial charge in [0.1, 0.15) is 6.54 Å². The van der Waals surface area contributed by atoms with E-state index in [4.69, 9.17) is 4.74 Å². The highest BCUT2D eigenvalue weighted by atomic mass is 19.4. The lowest BCUT2D eigenvalue weighted by atomic mass is 10.0. The van der Waals surface area contributed by atoms with Crippen LogP contribution in [0, 0.1) is 0 Å². The molecule has 13 nitrogen and oxygen atoms in total. The van der Waals surface area contributed by atoms with Gasteiger partial charge in [-0.05, 0) is 18.6 Å². The van der Waals surface area contributed by atoms with E-state index < -0.39 is 36.3 Å². The number of amides is 2. The molecule has 0 unspecified atom stereocenters. The van der Waals surface area contributed by atoms with Crippen molar-refractivity contribution in [1.82, 2.24) is 39.7 Å². The monoisotopic (exact) mass is 649 g/mol. The van der Waals surface area contributed by atoms with Gasteiger partial charge in [0, 0.05) is 55.9 Å². The molecule has 1 aromatic carbocycles. The van der Waals surface area contributed by atoms with Crippen LogP contribution in [0.2, 0.25) is 0 Å². The van der Waals surface area contributed by atoms with Crippen LogP contribution < -0.4 is 20.7 Å². The molecule has 46 heavy (non-hydrogen) atoms. The van der Waals surface area contributed by atoms with Crippen LogP contribution in [-0.4, -0.2) is 86.5 Å². The summed E-state index contributed by atoms with van der Waals surface area (Å²) in [6.07, 6.45) is -3.03. The highest BCUT2D eigenvalue weighted by Crippen LogP contribution is 2.38. The molecule has 0 bridgehead atoms. The van der Waals surface area contributed by atoms with Gasteiger partial charge in [-0.25, -0.2) is 18.7 Å². The summed E-state index contributed by atoms with van der Waals surface area (Å²) in [6.45, 7) is 3.01. The second kappa shape index (κ2) is 13.5. The molecule has 1 aliphatic heterocycles. The van der Waals surface area contributed by atoms with Gasteiger partial charge in [-0.1, -0.05) is 6.92 Å². The molecular formula is C28H28F5N9O4. The molecule has 2 amide bonds. The molecule has 3 N–H and O–H groups in total. The van der Waals surface area contributed by atoms with Crippen LogP contribution in [0.3, 0.4) is 0 Å². The molecule has 1 saturated heterocycles. The number of aromatic nitrogens is 5. The van der Waals surface area contributed by atoms with Gasteiger partial charge in [0.15, 0.2) is 22.9 Å². The second-order valence-electron chi connectivity index (χ2n) is 10.1. The van der Waals surface area contributed by atoms with Gasteiger partial charge in [0.05, 0.1) is 29.7 Å². The Kier molecular flexibility index (Phi) is 9.45. The Hall–Kier alpha value is -5.13. The fraction of sp³-hybridized carbons (Fsp3) is 0.357. The third kappa shape index (κ3) is 6.75. The number of rotatable bonds is 11. The van der Waals surface area contributed by atoms with E-state index in [1.165, 1.54) is 28.9 Å². The summed E-state index contributed by atoms with van der Waals surface area (Å²) in [5.74, 6) is -0.771. The Balaban J connectivity index is 1.45. The molecule has 5 rings (SSSR count). The quantitative estimate of drug-likeness (QED) is 0.165. The largest absolute Gasteiger partial charge is 0.435 e. The third-order valence-corrected chi connectivity index (χ3v) is 7.21. The zero-order valence-corrected chi connectivity index (χ0v) is 24.3. The number of ether oxygens (including phenoxy) is 1. The van der Waals surface area contributed by atoms with E-state index in [0.717, 1.165) is 12.4 Å². The maximum absolute atomic E-state index is 13.8. The van der Waals surface area contributed by atoms with Crippen molar-refractivity contribution in [2.75, 3.05) is 38.0 Å². The molecule has 0 aliphatic carbocycles. The topological polar surface area (TPSA) is 148 Å². The molecule has 1 fully saturated rings. The van der Waals surface area contributed by atoms with Crippen molar-refractivity contribution >= 4 is 35.4 Å². The summed E-state index contributed by atoms with van der Waals surface area (Å²) in [6, 6.07) is 2.91. The third-order valence-electron chi connectivity index (χ3n) is 7.21. The number of nitrogens with zero attached hydrogens (tertiary/aromatic N) is 6. The zero-order chi connectivity index (χ0) is 33.0. The summed E-state index contributed by atoms with van der Waals surface area (Å²) in [4.78, 5) is 47.2. The van der Waals surface area contributed by atoms with E-state index >= 15 is 0 Å². The Morgan fingerprint density at radius 3 is 2.61 bits per heavy atom. The molecule has 0 spiro atoms. The smallest absolute Gasteiger partial charge is 0.426 e. The Labute approximate surface area is 257 Å². The van der Waals surface area contributed by atoms with Gasteiger partial charge < -0.3 is 25.6 Å². The number of hydrogen-bond donors (Lipinski definition) is 3. The molecule has 0 radical (unpaired) electrons. The summed E-state index contributed by atoms with van der Waals surface area (Å²) in [5, 5.41) is 12.0. The van der Waals surface area contributed by atoms with Crippen molar-refractivity contribution in [3.05, 3.63) is 53.7 Å². The maximum atomic E-state index is 13.8. The lowest BCUT2D eigenvalue weighted by Gasteiger charge is -2.27. The van der Waals surface area contributed by atoms with Crippen molar-refractivity contribution in [3.8, 4) is 17.0 Å². The maximum Gasteiger partial charge on any atom is 0.435 e. The van der Waals surface area contributed by atoms with Crippen LogP contribution in [0.15, 0.2) is 36.9 Å². The predicted molar refractivity (Wildman–Crippen MR) is 153 cm³/mol. The number of alkyl halides is 5. The number of nitrogens with one attached hydrogen (secondary N) is 3. The summed E-state index contributed by atoms with van der Waals surface area (Å²) in [5.41, 5.74) is -1.19. The first kappa shape index (κ1) is 32.3. The van der Waals surface area contributed by atoms with Gasteiger partial charge in [0.25, 0.3) is 18.8 Å². The minimum atomic E-state index is -4.94. The van der Waals surface area contributed by atoms with Crippen molar-refractivity contribution < 1.29 is 41.1 Å². The molecule has 4 heterocycles. The second-order valence-corrected chi connectivity index (χ2v) is 10.1. The van der Waals surface area contributed by atoms with Crippen LogP contribution in [0.4, 0.5) is 33.5 Å². The van der Waals surface area contributed by atoms with Gasteiger partial charge in [-0.3, -0.25) is 23.5 Å². The molecule has 244 valence electrons. The summed E-state index contributed by atoms with van der Waals surface area (Å²) < 4.78 is 74.3. The Bertz CT molecular complexity index is 1750. The average molecular weight is 650 g/mol. The fourth-order valence-electron chi connectivity index (χ4n) is 5.14. The van der Waals surface area contributed by atoms with E-state index in [9.17, 15) is 36.3 Å². The standard InChI is InChI=1S/C28H28F5N9O4/c1-2-16-17(27(45)37-12-22(44)40-8-5-34-6-9-40)3-4-19(23(16)46-15-43)38-25-26-36-11-20(42(26)10-7-35-25)18-13-41(14-21(29)30)39-24(18)28(31,32)33/h3-4,7,10-11,13,15,21,34H,2,5-6,8-9,12,14H2,1H3,(H,35,38)(H,37,45). The van der Waals surface area contributed by atoms with Gasteiger partial charge in [0.2, 0.25) is 5.91 Å². The van der Waals surface area contributed by atoms with E-state index in [2.05, 4.69) is 31.0 Å². The first-order chi connectivity index (χ1) is 22.0. The average Bonchev–Trinajstić information content (AvgIpc) is 3.65. The number of hydrogen-bond acceptors (Lipinski definition) is 9. The summed E-state index contributed by atoms with van der Waals surface area (Å²) in [7, 11) is 0. The minimum absolute atomic E-state index is 0.0122. The van der Waals surface area contributed by atoms with Crippen LogP contribution in [0.1, 0.15) is 28.5 Å². The number of carbonyl (C=O) groups is 3. The van der Waals surface area contributed by atoms with E-state index in [0.29, 0.717) is 36.4 Å². The SMILES string of the molecule is CCc1c(C(=O)NCC(=O)N2CCNCC2)ccc(Nc2nccn3c(-c4cn(CC(F)F)nc4C(F)(F)F)cnc23)c1OC=O. The number of fused-ring (bicyclic) bond motifs is 1. The lowest BCUT2D eigenvalue weighted by Crippen LogP contribution is -2.49. The molecule has 3 aromatic heterocycles. The normalized spacial score (nSPS) is 13.7. The van der Waals surface area contributed by atoms with Crippen molar-refractivity contribution in [2.24, 2.45) is 0 Å². The van der Waals surface area contributed by atoms with E-state index in [-0.39, 0.29) is 59.5 Å². The van der Waals surface area contributed by atoms with Gasteiger partial charge in [-0.2, -0.15) is 18.3 Å². The number of anilines is 2. The molecule has 18 heteroatoms. The van der Waals surface area contributed by atoms with Crippen molar-refractivity contribution in [1.29, 1.82) is 0 Å². The first-order valence-corrected chi connectivity index (χ1v) is 14.1. The molecular weight excluding hydrogens is 621 g/mol. The summed E-state index contributed by atoms with van der Waals surface area (Å²) >= 11 is 0. The van der Waals surface area contributed by atoms with Crippen LogP contribution in [0.5, 0.6) is 5.75 Å². The number of imidazole rings is 1. The zero-order valence-electron chi connectivity index (χ0n) is 24.3. The van der Waals surface area contributed by atoms with Gasteiger partial charge in [-0.15, -0.1) is 0 Å². The minimum Gasteiger partial charge on any atom is -0.426 e. The number of halogens is 5. The number of benzene rings is 1. The van der Waals surface area contributed by atoms with Crippen LogP contribution in [0.25, 0.3) is 16.9 Å². The molecule has 0 atom stereocenters. The number of carbonyl (C=O) groups excluding carboxylic acids is 3. The van der Waals surface area contributed by atoms with Crippen molar-refractivity contribution in [3.63, 3.8) is 0 Å². The highest BCUT2D eigenvalue weighted by molar-refractivity contribution is 5.99. The molecule has 0 saturated carbocycles. The Morgan fingerprint density at radius 2 is 1.93 bits per heavy atom. The molecule has 1 aliphatic rings. The predicted octanol–water partition coefficient (Wildman–Crippen LogP) is 2.88. The fourth-order valence-corrected chi connectivity index (χ4v) is 5.14. The molecule has 4 aromatic rings. The number of piperazine rings is 1.